The van der Waals surface area contributed by atoms with Crippen molar-refractivity contribution in [2.75, 3.05) is 0 Å². The Morgan fingerprint density at radius 2 is 2.00 bits per heavy atom. The number of aliphatic imine (C=N–C) groups is 1. The average molecular weight is 442 g/mol. The molecule has 0 unspecified atom stereocenters. The summed E-state index contributed by atoms with van der Waals surface area (Å²) in [6.45, 7) is 0. The highest BCUT2D eigenvalue weighted by atomic mass is 79.9. The first-order valence-corrected chi connectivity index (χ1v) is 7.75. The quantitative estimate of drug-likeness (QED) is 0.310. The van der Waals surface area contributed by atoms with E-state index in [-0.39, 0.29) is 22.8 Å². The Kier molecular flexibility index (Phi) is 4.14. The van der Waals surface area contributed by atoms with Gasteiger partial charge in [0.2, 0.25) is 5.90 Å². The van der Waals surface area contributed by atoms with Crippen LogP contribution in [0.1, 0.15) is 11.3 Å². The molecule has 0 aliphatic carbocycles. The van der Waals surface area contributed by atoms with Gasteiger partial charge in [0.1, 0.15) is 11.3 Å². The molecule has 2 aromatic rings. The van der Waals surface area contributed by atoms with Gasteiger partial charge in [-0.1, -0.05) is 12.1 Å². The van der Waals surface area contributed by atoms with E-state index in [4.69, 9.17) is 9.15 Å². The summed E-state index contributed by atoms with van der Waals surface area (Å²) in [5.41, 5.74) is -0.0632. The Morgan fingerprint density at radius 3 is 2.65 bits per heavy atom. The zero-order valence-electron chi connectivity index (χ0n) is 11.2. The lowest BCUT2D eigenvalue weighted by atomic mass is 10.2. The van der Waals surface area contributed by atoms with E-state index < -0.39 is 10.9 Å². The Labute approximate surface area is 146 Å². The van der Waals surface area contributed by atoms with Crippen LogP contribution in [0, 0.1) is 10.1 Å². The van der Waals surface area contributed by atoms with Gasteiger partial charge in [-0.25, -0.2) is 9.79 Å². The molecule has 1 aliphatic rings. The predicted octanol–water partition coefficient (Wildman–Crippen LogP) is 4.06. The second-order valence-corrected chi connectivity index (χ2v) is 5.96. The van der Waals surface area contributed by atoms with Crippen molar-refractivity contribution in [3.63, 3.8) is 0 Å². The molecule has 0 radical (unpaired) electrons. The molecule has 1 aliphatic heterocycles. The lowest BCUT2D eigenvalue weighted by Gasteiger charge is -2.00. The van der Waals surface area contributed by atoms with Crippen molar-refractivity contribution in [1.29, 1.82) is 0 Å². The van der Waals surface area contributed by atoms with Crippen LogP contribution in [0.3, 0.4) is 0 Å². The van der Waals surface area contributed by atoms with E-state index >= 15 is 0 Å². The predicted molar refractivity (Wildman–Crippen MR) is 87.8 cm³/mol. The zero-order chi connectivity index (χ0) is 16.6. The number of nitro groups is 1. The lowest BCUT2D eigenvalue weighted by Crippen LogP contribution is -2.07. The normalized spacial score (nSPS) is 15.7. The van der Waals surface area contributed by atoms with Gasteiger partial charge in [-0.05, 0) is 44.0 Å². The number of furan rings is 1. The summed E-state index contributed by atoms with van der Waals surface area (Å²) >= 11 is 6.44. The van der Waals surface area contributed by atoms with Gasteiger partial charge in [-0.15, -0.1) is 0 Å². The maximum atomic E-state index is 11.9. The summed E-state index contributed by atoms with van der Waals surface area (Å²) in [5, 5.41) is 11.0. The van der Waals surface area contributed by atoms with Crippen LogP contribution in [0.2, 0.25) is 0 Å². The number of nitro benzene ring substituents is 1. The molecule has 3 rings (SSSR count). The molecule has 7 nitrogen and oxygen atoms in total. The summed E-state index contributed by atoms with van der Waals surface area (Å²) in [6.07, 6.45) is 1.39. The van der Waals surface area contributed by atoms with Crippen LogP contribution >= 0.6 is 31.9 Å². The molecule has 0 fully saturated rings. The second-order valence-electron chi connectivity index (χ2n) is 4.38. The fourth-order valence-electron chi connectivity index (χ4n) is 1.91. The largest absolute Gasteiger partial charge is 0.449 e. The Balaban J connectivity index is 2.01. The van der Waals surface area contributed by atoms with Gasteiger partial charge < -0.3 is 9.15 Å². The summed E-state index contributed by atoms with van der Waals surface area (Å²) in [7, 11) is 0. The smallest absolute Gasteiger partial charge is 0.363 e. The maximum Gasteiger partial charge on any atom is 0.363 e. The summed E-state index contributed by atoms with van der Waals surface area (Å²) < 4.78 is 11.5. The molecule has 0 saturated heterocycles. The standard InChI is InChI=1S/C14H6Br2N2O5/c15-9-5-7(22-12(9)16)6-10-14(19)23-13(17-10)8-3-1-2-4-11(8)18(20)21/h1-6H. The first-order chi connectivity index (χ1) is 11.0. The van der Waals surface area contributed by atoms with Gasteiger partial charge in [-0.2, -0.15) is 0 Å². The minimum atomic E-state index is -0.707. The van der Waals surface area contributed by atoms with Gasteiger partial charge in [0.25, 0.3) is 5.69 Å². The highest BCUT2D eigenvalue weighted by molar-refractivity contribution is 9.13. The number of hydrogen-bond acceptors (Lipinski definition) is 6. The average Bonchev–Trinajstić information content (AvgIpc) is 3.02. The van der Waals surface area contributed by atoms with Crippen LogP contribution in [0.25, 0.3) is 6.08 Å². The Hall–Kier alpha value is -2.26. The fourth-order valence-corrected chi connectivity index (χ4v) is 2.52. The molecule has 0 bridgehead atoms. The number of esters is 1. The number of rotatable bonds is 3. The fraction of sp³-hybridized carbons (Fsp3) is 0. The molecule has 23 heavy (non-hydrogen) atoms. The van der Waals surface area contributed by atoms with Crippen molar-refractivity contribution >= 4 is 55.5 Å². The number of carbonyl (C=O) groups excluding carboxylic acids is 1. The molecule has 0 amide bonds. The number of hydrogen-bond donors (Lipinski definition) is 0. The summed E-state index contributed by atoms with van der Waals surface area (Å²) in [4.78, 5) is 26.4. The minimum absolute atomic E-state index is 0.00750. The van der Waals surface area contributed by atoms with Crippen molar-refractivity contribution in [1.82, 2.24) is 0 Å². The molecule has 2 heterocycles. The molecular weight excluding hydrogens is 436 g/mol. The van der Waals surface area contributed by atoms with E-state index in [0.717, 1.165) is 0 Å². The van der Waals surface area contributed by atoms with E-state index in [1.54, 1.807) is 12.1 Å². The third-order valence-corrected chi connectivity index (χ3v) is 4.60. The number of halogens is 2. The number of carbonyl (C=O) groups is 1. The van der Waals surface area contributed by atoms with Crippen LogP contribution in [0.15, 0.2) is 54.6 Å². The molecule has 116 valence electrons. The molecular formula is C14H6Br2N2O5. The minimum Gasteiger partial charge on any atom is -0.449 e. The van der Waals surface area contributed by atoms with Gasteiger partial charge in [-0.3, -0.25) is 10.1 Å². The molecule has 0 atom stereocenters. The van der Waals surface area contributed by atoms with Gasteiger partial charge >= 0.3 is 5.97 Å². The molecule has 1 aromatic carbocycles. The van der Waals surface area contributed by atoms with Crippen LogP contribution in [0.4, 0.5) is 5.69 Å². The molecule has 9 heteroatoms. The summed E-state index contributed by atoms with van der Waals surface area (Å²) in [6, 6.07) is 7.54. The number of benzene rings is 1. The highest BCUT2D eigenvalue weighted by Crippen LogP contribution is 2.29. The molecule has 0 saturated carbocycles. The van der Waals surface area contributed by atoms with Gasteiger partial charge in [0.05, 0.1) is 9.40 Å². The Morgan fingerprint density at radius 1 is 1.26 bits per heavy atom. The number of nitrogens with zero attached hydrogens (tertiary/aromatic N) is 2. The van der Waals surface area contributed by atoms with Crippen LogP contribution < -0.4 is 0 Å². The topological polar surface area (TPSA) is 94.9 Å². The second kappa shape index (κ2) is 6.09. The van der Waals surface area contributed by atoms with Crippen molar-refractivity contribution in [3.05, 3.63) is 66.6 Å². The van der Waals surface area contributed by atoms with Crippen molar-refractivity contribution in [3.8, 4) is 0 Å². The van der Waals surface area contributed by atoms with Crippen molar-refractivity contribution < 1.29 is 18.9 Å². The van der Waals surface area contributed by atoms with E-state index in [1.807, 2.05) is 0 Å². The number of ether oxygens (including phenoxy) is 1. The molecule has 0 N–H and O–H groups in total. The van der Waals surface area contributed by atoms with Crippen LogP contribution in [0.5, 0.6) is 0 Å². The van der Waals surface area contributed by atoms with Crippen LogP contribution in [-0.4, -0.2) is 16.8 Å². The first-order valence-electron chi connectivity index (χ1n) is 6.17. The number of para-hydroxylation sites is 1. The van der Waals surface area contributed by atoms with Crippen molar-refractivity contribution in [2.24, 2.45) is 4.99 Å². The zero-order valence-corrected chi connectivity index (χ0v) is 14.3. The first kappa shape index (κ1) is 15.6. The summed E-state index contributed by atoms with van der Waals surface area (Å²) in [5.74, 6) is -0.441. The van der Waals surface area contributed by atoms with Crippen LogP contribution in [-0.2, 0) is 9.53 Å². The van der Waals surface area contributed by atoms with E-state index in [0.29, 0.717) is 14.9 Å². The van der Waals surface area contributed by atoms with E-state index in [2.05, 4.69) is 36.9 Å². The highest BCUT2D eigenvalue weighted by Gasteiger charge is 2.29. The third-order valence-electron chi connectivity index (χ3n) is 2.89. The van der Waals surface area contributed by atoms with E-state index in [1.165, 1.54) is 24.3 Å². The maximum absolute atomic E-state index is 11.9. The lowest BCUT2D eigenvalue weighted by molar-refractivity contribution is -0.385. The molecule has 0 spiro atoms. The number of cyclic esters (lactones) is 1. The Bertz CT molecular complexity index is 866. The SMILES string of the molecule is O=C1OC(c2ccccc2[N+](=O)[O-])=NC1=Cc1cc(Br)c(Br)o1. The van der Waals surface area contributed by atoms with Crippen molar-refractivity contribution in [2.45, 2.75) is 0 Å². The van der Waals surface area contributed by atoms with E-state index in [9.17, 15) is 14.9 Å². The third kappa shape index (κ3) is 3.10. The molecule has 1 aromatic heterocycles. The van der Waals surface area contributed by atoms with Gasteiger partial charge in [0, 0.05) is 12.1 Å². The monoisotopic (exact) mass is 440 g/mol. The van der Waals surface area contributed by atoms with Gasteiger partial charge in [0.15, 0.2) is 10.4 Å².